The molecule has 12 heteroatoms. The van der Waals surface area contributed by atoms with Crippen molar-refractivity contribution in [2.75, 3.05) is 31.1 Å². The van der Waals surface area contributed by atoms with Crippen LogP contribution < -0.4 is 5.32 Å². The SMILES string of the molecule is CNC(=O)C1(CCCCCCCCCCCCC2(C(=O)CS(C)(=O)=O)CC2)CC1.CS(=O)(=O)CC(=O)C1(CCCCCCCCCCCCC2(C(=O)O)CC2)CC1. The van der Waals surface area contributed by atoms with Crippen molar-refractivity contribution in [3.63, 3.8) is 0 Å². The Morgan fingerprint density at radius 3 is 0.860 bits per heavy atom. The molecule has 0 spiro atoms. The number of unbranched alkanes of at least 4 members (excludes halogenated alkanes) is 18. The van der Waals surface area contributed by atoms with Gasteiger partial charge in [-0.15, -0.1) is 0 Å². The number of carbonyl (C=O) groups is 4. The van der Waals surface area contributed by atoms with Gasteiger partial charge in [-0.25, -0.2) is 16.8 Å². The van der Waals surface area contributed by atoms with E-state index in [2.05, 4.69) is 5.32 Å². The normalized spacial score (nSPS) is 19.1. The molecule has 0 aliphatic heterocycles. The van der Waals surface area contributed by atoms with E-state index in [1.807, 2.05) is 0 Å². The Bertz CT molecular complexity index is 1500. The van der Waals surface area contributed by atoms with Crippen LogP contribution in [-0.4, -0.2) is 76.5 Å². The van der Waals surface area contributed by atoms with Gasteiger partial charge in [-0.2, -0.15) is 0 Å². The molecule has 0 atom stereocenters. The van der Waals surface area contributed by atoms with Crippen LogP contribution >= 0.6 is 0 Å². The van der Waals surface area contributed by atoms with E-state index in [1.54, 1.807) is 7.05 Å². The van der Waals surface area contributed by atoms with Crippen LogP contribution in [0.3, 0.4) is 0 Å². The molecule has 0 saturated heterocycles. The van der Waals surface area contributed by atoms with Crippen molar-refractivity contribution in [1.29, 1.82) is 0 Å². The summed E-state index contributed by atoms with van der Waals surface area (Å²) < 4.78 is 45.3. The molecule has 0 aromatic rings. The van der Waals surface area contributed by atoms with Gasteiger partial charge in [0, 0.05) is 35.8 Å². The summed E-state index contributed by atoms with van der Waals surface area (Å²) in [7, 11) is -4.66. The Kier molecular flexibility index (Phi) is 20.2. The predicted molar refractivity (Wildman–Crippen MR) is 229 cm³/mol. The lowest BCUT2D eigenvalue weighted by molar-refractivity contribution is -0.143. The first-order chi connectivity index (χ1) is 26.9. The van der Waals surface area contributed by atoms with E-state index in [0.29, 0.717) is 0 Å². The van der Waals surface area contributed by atoms with Gasteiger partial charge < -0.3 is 10.4 Å². The van der Waals surface area contributed by atoms with Crippen molar-refractivity contribution < 1.29 is 41.1 Å². The summed E-state index contributed by atoms with van der Waals surface area (Å²) in [5.74, 6) is -1.04. The minimum Gasteiger partial charge on any atom is -0.481 e. The third-order valence-electron chi connectivity index (χ3n) is 13.7. The van der Waals surface area contributed by atoms with Crippen molar-refractivity contribution in [3.05, 3.63) is 0 Å². The van der Waals surface area contributed by atoms with E-state index >= 15 is 0 Å². The first-order valence-corrected chi connectivity index (χ1v) is 26.9. The third kappa shape index (κ3) is 19.0. The van der Waals surface area contributed by atoms with E-state index in [0.717, 1.165) is 128 Å². The lowest BCUT2D eigenvalue weighted by Gasteiger charge is -2.13. The van der Waals surface area contributed by atoms with Gasteiger partial charge in [-0.1, -0.05) is 128 Å². The van der Waals surface area contributed by atoms with Crippen LogP contribution in [0.1, 0.15) is 205 Å². The summed E-state index contributed by atoms with van der Waals surface area (Å²) in [5, 5.41) is 11.9. The minimum atomic E-state index is -3.20. The molecule has 57 heavy (non-hydrogen) atoms. The molecule has 0 heterocycles. The molecule has 0 aromatic carbocycles. The summed E-state index contributed by atoms with van der Waals surface area (Å²) in [5.41, 5.74) is -0.958. The van der Waals surface area contributed by atoms with Gasteiger partial charge in [0.2, 0.25) is 5.91 Å². The Balaban J connectivity index is 0.000000306. The van der Waals surface area contributed by atoms with Crippen LogP contribution in [0.2, 0.25) is 0 Å². The molecule has 2 N–H and O–H groups in total. The fraction of sp³-hybridized carbons (Fsp3) is 0.911. The Labute approximate surface area is 346 Å². The van der Waals surface area contributed by atoms with Gasteiger partial charge in [0.25, 0.3) is 0 Å². The molecule has 4 rings (SSSR count). The largest absolute Gasteiger partial charge is 0.481 e. The number of hydrogen-bond donors (Lipinski definition) is 2. The topological polar surface area (TPSA) is 169 Å². The molecule has 4 fully saturated rings. The van der Waals surface area contributed by atoms with Gasteiger partial charge >= 0.3 is 5.97 Å². The van der Waals surface area contributed by atoms with Gasteiger partial charge in [0.05, 0.1) is 5.41 Å². The highest BCUT2D eigenvalue weighted by atomic mass is 32.2. The smallest absolute Gasteiger partial charge is 0.309 e. The van der Waals surface area contributed by atoms with Gasteiger partial charge in [0.1, 0.15) is 11.5 Å². The molecule has 10 nitrogen and oxygen atoms in total. The monoisotopic (exact) mass is 842 g/mol. The summed E-state index contributed by atoms with van der Waals surface area (Å²) in [6.07, 6.45) is 37.2. The van der Waals surface area contributed by atoms with Crippen molar-refractivity contribution in [3.8, 4) is 0 Å². The number of aliphatic carboxylic acids is 1. The van der Waals surface area contributed by atoms with Crippen LogP contribution in [0.4, 0.5) is 0 Å². The molecule has 330 valence electrons. The number of ketones is 2. The highest BCUT2D eigenvalue weighted by molar-refractivity contribution is 7.91. The highest BCUT2D eigenvalue weighted by Gasteiger charge is 2.51. The summed E-state index contributed by atoms with van der Waals surface area (Å²) in [4.78, 5) is 47.2. The standard InChI is InChI=1S/C23H41NO4S.C22H38O5S/c1-24-21(26)23(17-18-23)14-12-10-8-6-4-3-5-7-9-11-13-22(15-16-22)20(25)19-29(2,27)28;1-28(26,27)18-19(23)21(14-15-21)12-10-8-6-4-2-3-5-7-9-11-13-22(16-17-22)20(24)25/h3-19H2,1-2H3,(H,24,26);2-18H2,1H3,(H,24,25). The third-order valence-corrected chi connectivity index (χ3v) is 15.2. The van der Waals surface area contributed by atoms with Gasteiger partial charge in [0.15, 0.2) is 31.2 Å². The molecule has 0 bridgehead atoms. The lowest BCUT2D eigenvalue weighted by atomic mass is 9.94. The van der Waals surface area contributed by atoms with Crippen LogP contribution in [0.5, 0.6) is 0 Å². The molecule has 4 aliphatic carbocycles. The van der Waals surface area contributed by atoms with E-state index in [9.17, 15) is 36.0 Å². The summed E-state index contributed by atoms with van der Waals surface area (Å²) in [6.45, 7) is 0. The number of rotatable bonds is 34. The molecule has 1 amide bonds. The second-order valence-corrected chi connectivity index (χ2v) is 23.3. The number of Topliss-reactive ketones (excluding diaryl/α,β-unsaturated/α-hetero) is 2. The maximum absolute atomic E-state index is 12.2. The number of amides is 1. The van der Waals surface area contributed by atoms with Crippen molar-refractivity contribution in [2.24, 2.45) is 21.7 Å². The first-order valence-electron chi connectivity index (χ1n) is 22.8. The number of carboxylic acid groups (broad SMARTS) is 1. The number of sulfone groups is 2. The molecule has 0 unspecified atom stereocenters. The molecule has 4 saturated carbocycles. The second-order valence-electron chi connectivity index (χ2n) is 19.1. The van der Waals surface area contributed by atoms with E-state index in [4.69, 9.17) is 5.11 Å². The highest BCUT2D eigenvalue weighted by Crippen LogP contribution is 2.53. The Hall–Kier alpha value is -1.82. The van der Waals surface area contributed by atoms with Crippen LogP contribution in [-0.2, 0) is 38.9 Å². The lowest BCUT2D eigenvalue weighted by Crippen LogP contribution is -2.28. The van der Waals surface area contributed by atoms with Crippen molar-refractivity contribution in [1.82, 2.24) is 5.32 Å². The molecule has 0 radical (unpaired) electrons. The second kappa shape index (κ2) is 23.3. The van der Waals surface area contributed by atoms with Crippen molar-refractivity contribution in [2.45, 2.75) is 205 Å². The molecular weight excluding hydrogens is 763 g/mol. The molecular formula is C45H79NO9S2. The maximum Gasteiger partial charge on any atom is 0.309 e. The number of carboxylic acids is 1. The fourth-order valence-corrected chi connectivity index (χ4v) is 10.4. The van der Waals surface area contributed by atoms with Crippen LogP contribution in [0, 0.1) is 21.7 Å². The quantitative estimate of drug-likeness (QED) is 0.0600. The maximum atomic E-state index is 12.2. The predicted octanol–water partition coefficient (Wildman–Crippen LogP) is 9.51. The number of nitrogens with one attached hydrogen (secondary N) is 1. The number of hydrogen-bond acceptors (Lipinski definition) is 8. The Morgan fingerprint density at radius 1 is 0.421 bits per heavy atom. The Morgan fingerprint density at radius 2 is 0.649 bits per heavy atom. The number of carbonyl (C=O) groups excluding carboxylic acids is 3. The zero-order chi connectivity index (χ0) is 42.1. The van der Waals surface area contributed by atoms with Crippen molar-refractivity contribution >= 4 is 43.1 Å². The molecule has 4 aliphatic rings. The first kappa shape index (κ1) is 49.5. The summed E-state index contributed by atoms with van der Waals surface area (Å²) in [6, 6.07) is 0. The average Bonchev–Trinajstić information content (AvgIpc) is 3.95. The zero-order valence-electron chi connectivity index (χ0n) is 36.1. The van der Waals surface area contributed by atoms with Gasteiger partial charge in [-0.3, -0.25) is 19.2 Å². The summed E-state index contributed by atoms with van der Waals surface area (Å²) >= 11 is 0. The minimum absolute atomic E-state index is 0.0107. The van der Waals surface area contributed by atoms with E-state index < -0.39 is 25.6 Å². The molecule has 0 aromatic heterocycles. The fourth-order valence-electron chi connectivity index (χ4n) is 8.83. The van der Waals surface area contributed by atoms with Crippen LogP contribution in [0.25, 0.3) is 0 Å². The van der Waals surface area contributed by atoms with E-state index in [-0.39, 0.29) is 50.6 Å². The van der Waals surface area contributed by atoms with Crippen LogP contribution in [0.15, 0.2) is 0 Å². The van der Waals surface area contributed by atoms with Gasteiger partial charge in [-0.05, 0) is 77.0 Å². The average molecular weight is 842 g/mol. The van der Waals surface area contributed by atoms with E-state index in [1.165, 1.54) is 89.9 Å². The zero-order valence-corrected chi connectivity index (χ0v) is 37.7.